The predicted octanol–water partition coefficient (Wildman–Crippen LogP) is 2.92. The summed E-state index contributed by atoms with van der Waals surface area (Å²) in [4.78, 5) is 2.36. The van der Waals surface area contributed by atoms with E-state index in [1.807, 2.05) is 0 Å². The maximum Gasteiger partial charge on any atom is 0.123 e. The molecule has 20 heavy (non-hydrogen) atoms. The van der Waals surface area contributed by atoms with E-state index in [2.05, 4.69) is 18.7 Å². The van der Waals surface area contributed by atoms with Gasteiger partial charge < -0.3 is 10.5 Å². The molecule has 114 valence electrons. The highest BCUT2D eigenvalue weighted by atomic mass is 19.1. The lowest BCUT2D eigenvalue weighted by Gasteiger charge is -2.31. The Morgan fingerprint density at radius 3 is 2.50 bits per heavy atom. The third-order valence-electron chi connectivity index (χ3n) is 3.80. The number of hydrogen-bond acceptors (Lipinski definition) is 3. The molecule has 0 spiro atoms. The third-order valence-corrected chi connectivity index (χ3v) is 3.80. The second-order valence-electron chi connectivity index (χ2n) is 5.05. The van der Waals surface area contributed by atoms with E-state index >= 15 is 0 Å². The molecular formula is C16H27FN2O. The molecule has 0 saturated carbocycles. The van der Waals surface area contributed by atoms with E-state index in [4.69, 9.17) is 10.5 Å². The van der Waals surface area contributed by atoms with Gasteiger partial charge in [-0.3, -0.25) is 4.90 Å². The first-order chi connectivity index (χ1) is 9.65. The normalized spacial score (nSPS) is 11.6. The Kier molecular flexibility index (Phi) is 7.73. The number of hydrogen-bond donors (Lipinski definition) is 1. The van der Waals surface area contributed by atoms with Crippen molar-refractivity contribution >= 4 is 0 Å². The molecule has 3 nitrogen and oxygen atoms in total. The van der Waals surface area contributed by atoms with Gasteiger partial charge in [-0.2, -0.15) is 0 Å². The molecular weight excluding hydrogens is 255 g/mol. The van der Waals surface area contributed by atoms with Gasteiger partial charge in [0, 0.05) is 32.8 Å². The Hall–Kier alpha value is -0.970. The predicted molar refractivity (Wildman–Crippen MR) is 80.9 cm³/mol. The van der Waals surface area contributed by atoms with Crippen LogP contribution in [0.1, 0.15) is 37.8 Å². The summed E-state index contributed by atoms with van der Waals surface area (Å²) < 4.78 is 18.7. The molecule has 0 radical (unpaired) electrons. The highest BCUT2D eigenvalue weighted by molar-refractivity contribution is 5.27. The lowest BCUT2D eigenvalue weighted by atomic mass is 10.0. The van der Waals surface area contributed by atoms with Crippen molar-refractivity contribution in [2.75, 3.05) is 20.3 Å². The van der Waals surface area contributed by atoms with Gasteiger partial charge in [0.15, 0.2) is 0 Å². The van der Waals surface area contributed by atoms with E-state index in [1.54, 1.807) is 19.2 Å². The molecule has 0 heterocycles. The Morgan fingerprint density at radius 2 is 1.95 bits per heavy atom. The summed E-state index contributed by atoms with van der Waals surface area (Å²) in [6.07, 6.45) is 2.15. The van der Waals surface area contributed by atoms with Crippen molar-refractivity contribution in [2.45, 2.75) is 45.8 Å². The number of methoxy groups -OCH3 is 1. The molecule has 2 N–H and O–H groups in total. The molecule has 0 aliphatic heterocycles. The van der Waals surface area contributed by atoms with Crippen molar-refractivity contribution in [1.29, 1.82) is 0 Å². The van der Waals surface area contributed by atoms with E-state index in [-0.39, 0.29) is 5.82 Å². The Balaban J connectivity index is 2.90. The van der Waals surface area contributed by atoms with Crippen molar-refractivity contribution in [2.24, 2.45) is 5.73 Å². The molecule has 1 rings (SSSR count). The molecule has 0 bridgehead atoms. The summed E-state index contributed by atoms with van der Waals surface area (Å²) in [6.45, 7) is 7.07. The number of rotatable bonds is 9. The molecule has 0 saturated heterocycles. The van der Waals surface area contributed by atoms with Gasteiger partial charge in [0.05, 0.1) is 6.61 Å². The average molecular weight is 282 g/mol. The van der Waals surface area contributed by atoms with Gasteiger partial charge in [-0.1, -0.05) is 19.9 Å². The summed E-state index contributed by atoms with van der Waals surface area (Å²) >= 11 is 0. The molecule has 1 aromatic rings. The molecule has 0 aliphatic rings. The van der Waals surface area contributed by atoms with Crippen molar-refractivity contribution in [3.05, 3.63) is 35.1 Å². The third kappa shape index (κ3) is 4.85. The second-order valence-corrected chi connectivity index (χ2v) is 5.05. The van der Waals surface area contributed by atoms with Crippen molar-refractivity contribution < 1.29 is 9.13 Å². The first kappa shape index (κ1) is 17.1. The zero-order chi connectivity index (χ0) is 15.0. The lowest BCUT2D eigenvalue weighted by Crippen LogP contribution is -2.36. The van der Waals surface area contributed by atoms with Crippen LogP contribution >= 0.6 is 0 Å². The molecule has 0 aliphatic carbocycles. The molecule has 4 heteroatoms. The van der Waals surface area contributed by atoms with Gasteiger partial charge in [0.25, 0.3) is 0 Å². The van der Waals surface area contributed by atoms with Crippen molar-refractivity contribution in [3.63, 3.8) is 0 Å². The zero-order valence-electron chi connectivity index (χ0n) is 12.9. The number of halogens is 1. The number of benzene rings is 1. The topological polar surface area (TPSA) is 38.5 Å². The van der Waals surface area contributed by atoms with E-state index in [1.165, 1.54) is 6.07 Å². The first-order valence-electron chi connectivity index (χ1n) is 7.36. The fourth-order valence-electron chi connectivity index (χ4n) is 2.56. The van der Waals surface area contributed by atoms with Crippen LogP contribution in [0.3, 0.4) is 0 Å². The minimum Gasteiger partial charge on any atom is -0.383 e. The summed E-state index contributed by atoms with van der Waals surface area (Å²) in [6, 6.07) is 5.35. The van der Waals surface area contributed by atoms with Gasteiger partial charge in [0.2, 0.25) is 0 Å². The zero-order valence-corrected chi connectivity index (χ0v) is 12.9. The highest BCUT2D eigenvalue weighted by Crippen LogP contribution is 2.17. The van der Waals surface area contributed by atoms with Crippen LogP contribution in [-0.4, -0.2) is 31.2 Å². The Bertz CT molecular complexity index is 394. The molecule has 0 atom stereocenters. The van der Waals surface area contributed by atoms with Crippen LogP contribution in [0, 0.1) is 5.82 Å². The van der Waals surface area contributed by atoms with Gasteiger partial charge in [-0.15, -0.1) is 0 Å². The summed E-state index contributed by atoms with van der Waals surface area (Å²) in [5.74, 6) is -0.201. The SMILES string of the molecule is CCC(CC)N(CCOC)Cc1cc(F)ccc1CN. The van der Waals surface area contributed by atoms with E-state index in [9.17, 15) is 4.39 Å². The number of ether oxygens (including phenoxy) is 1. The molecule has 0 fully saturated rings. The van der Waals surface area contributed by atoms with Gasteiger partial charge in [0.1, 0.15) is 5.82 Å². The Labute approximate surface area is 121 Å². The standard InChI is InChI=1S/C16H27FN2O/c1-4-16(5-2)19(8-9-20-3)12-14-10-15(17)7-6-13(14)11-18/h6-7,10,16H,4-5,8-9,11-12,18H2,1-3H3. The maximum absolute atomic E-state index is 13.5. The van der Waals surface area contributed by atoms with Crippen LogP contribution in [0.15, 0.2) is 18.2 Å². The fourth-order valence-corrected chi connectivity index (χ4v) is 2.56. The van der Waals surface area contributed by atoms with E-state index < -0.39 is 0 Å². The van der Waals surface area contributed by atoms with Gasteiger partial charge >= 0.3 is 0 Å². The van der Waals surface area contributed by atoms with Crippen LogP contribution in [0.5, 0.6) is 0 Å². The second kappa shape index (κ2) is 9.06. The summed E-state index contributed by atoms with van der Waals surface area (Å²) in [7, 11) is 1.71. The average Bonchev–Trinajstić information content (AvgIpc) is 2.46. The van der Waals surface area contributed by atoms with Crippen LogP contribution in [0.4, 0.5) is 4.39 Å². The summed E-state index contributed by atoms with van der Waals surface area (Å²) in [5, 5.41) is 0. The van der Waals surface area contributed by atoms with Crippen LogP contribution in [-0.2, 0) is 17.8 Å². The van der Waals surface area contributed by atoms with E-state index in [0.717, 1.165) is 37.1 Å². The first-order valence-corrected chi connectivity index (χ1v) is 7.36. The lowest BCUT2D eigenvalue weighted by molar-refractivity contribution is 0.109. The largest absolute Gasteiger partial charge is 0.383 e. The maximum atomic E-state index is 13.5. The van der Waals surface area contributed by atoms with E-state index in [0.29, 0.717) is 19.2 Å². The smallest absolute Gasteiger partial charge is 0.123 e. The highest BCUT2D eigenvalue weighted by Gasteiger charge is 2.16. The fraction of sp³-hybridized carbons (Fsp3) is 0.625. The molecule has 0 unspecified atom stereocenters. The minimum absolute atomic E-state index is 0.201. The summed E-state index contributed by atoms with van der Waals surface area (Å²) in [5.41, 5.74) is 7.75. The van der Waals surface area contributed by atoms with Crippen molar-refractivity contribution in [3.8, 4) is 0 Å². The van der Waals surface area contributed by atoms with Crippen molar-refractivity contribution in [1.82, 2.24) is 4.90 Å². The van der Waals surface area contributed by atoms with Crippen LogP contribution in [0.2, 0.25) is 0 Å². The molecule has 0 amide bonds. The molecule has 1 aromatic carbocycles. The van der Waals surface area contributed by atoms with Gasteiger partial charge in [-0.25, -0.2) is 4.39 Å². The van der Waals surface area contributed by atoms with Gasteiger partial charge in [-0.05, 0) is 36.1 Å². The molecule has 0 aromatic heterocycles. The number of nitrogens with two attached hydrogens (primary N) is 1. The quantitative estimate of drug-likeness (QED) is 0.757. The minimum atomic E-state index is -0.201. The van der Waals surface area contributed by atoms with Crippen LogP contribution < -0.4 is 5.73 Å². The Morgan fingerprint density at radius 1 is 1.25 bits per heavy atom. The number of nitrogens with zero attached hydrogens (tertiary/aromatic N) is 1. The van der Waals surface area contributed by atoms with Crippen LogP contribution in [0.25, 0.3) is 0 Å². The monoisotopic (exact) mass is 282 g/mol.